The Hall–Kier alpha value is -1.61. The van der Waals surface area contributed by atoms with Crippen LogP contribution in [0.25, 0.3) is 0 Å². The summed E-state index contributed by atoms with van der Waals surface area (Å²) in [6.07, 6.45) is 0. The number of benzene rings is 2. The van der Waals surface area contributed by atoms with Crippen molar-refractivity contribution in [1.29, 1.82) is 0 Å². The maximum atomic E-state index is 13.4. The molecule has 0 radical (unpaired) electrons. The lowest BCUT2D eigenvalue weighted by molar-refractivity contribution is 0.496. The van der Waals surface area contributed by atoms with E-state index in [1.54, 1.807) is 4.72 Å². The van der Waals surface area contributed by atoms with Gasteiger partial charge in [-0.2, -0.15) is 0 Å². The number of anilines is 1. The van der Waals surface area contributed by atoms with Gasteiger partial charge in [-0.1, -0.05) is 0 Å². The van der Waals surface area contributed by atoms with Crippen LogP contribution in [-0.4, -0.2) is 8.42 Å². The van der Waals surface area contributed by atoms with Gasteiger partial charge in [0.05, 0.1) is 5.69 Å². The summed E-state index contributed by atoms with van der Waals surface area (Å²) in [6, 6.07) is 3.32. The van der Waals surface area contributed by atoms with Gasteiger partial charge in [0.25, 0.3) is 10.0 Å². The number of rotatable bonds is 3. The van der Waals surface area contributed by atoms with Crippen molar-refractivity contribution in [1.82, 2.24) is 0 Å². The fraction of sp³-hybridized carbons (Fsp3) is 0. The molecule has 0 bridgehead atoms. The Morgan fingerprint density at radius 2 is 1.52 bits per heavy atom. The van der Waals surface area contributed by atoms with Crippen molar-refractivity contribution in [2.45, 2.75) is 4.90 Å². The van der Waals surface area contributed by atoms with Gasteiger partial charge in [-0.05, 0) is 34.1 Å². The molecule has 0 saturated heterocycles. The van der Waals surface area contributed by atoms with E-state index < -0.39 is 39.0 Å². The average Bonchev–Trinajstić information content (AvgIpc) is 2.35. The Labute approximate surface area is 125 Å². The first-order valence-corrected chi connectivity index (χ1v) is 7.61. The molecule has 0 saturated carbocycles. The summed E-state index contributed by atoms with van der Waals surface area (Å²) in [5.74, 6) is -4.82. The number of halogens is 5. The maximum Gasteiger partial charge on any atom is 0.263 e. The standard InChI is InChI=1S/C12H6BrF4NO2S/c13-7-3-6(14)1-2-12(7)21(19,20)18-11-5-9(16)8(15)4-10(11)17/h1-5,18H. The zero-order chi connectivity index (χ0) is 15.8. The van der Waals surface area contributed by atoms with Crippen LogP contribution in [0.5, 0.6) is 0 Å². The van der Waals surface area contributed by atoms with Crippen molar-refractivity contribution in [2.24, 2.45) is 0 Å². The van der Waals surface area contributed by atoms with Gasteiger partial charge >= 0.3 is 0 Å². The molecule has 2 aromatic rings. The van der Waals surface area contributed by atoms with E-state index >= 15 is 0 Å². The smallest absolute Gasteiger partial charge is 0.263 e. The normalized spacial score (nSPS) is 11.5. The summed E-state index contributed by atoms with van der Waals surface area (Å²) < 4.78 is 77.9. The fourth-order valence-electron chi connectivity index (χ4n) is 1.49. The van der Waals surface area contributed by atoms with Gasteiger partial charge < -0.3 is 0 Å². The van der Waals surface area contributed by atoms with E-state index in [0.29, 0.717) is 6.07 Å². The van der Waals surface area contributed by atoms with E-state index in [1.807, 2.05) is 0 Å². The Morgan fingerprint density at radius 1 is 0.905 bits per heavy atom. The van der Waals surface area contributed by atoms with Crippen LogP contribution < -0.4 is 4.72 Å². The number of sulfonamides is 1. The highest BCUT2D eigenvalue weighted by atomic mass is 79.9. The monoisotopic (exact) mass is 383 g/mol. The lowest BCUT2D eigenvalue weighted by atomic mass is 10.3. The molecule has 0 amide bonds. The molecule has 3 nitrogen and oxygen atoms in total. The zero-order valence-corrected chi connectivity index (χ0v) is 12.4. The summed E-state index contributed by atoms with van der Waals surface area (Å²) in [5, 5.41) is 0. The largest absolute Gasteiger partial charge is 0.277 e. The molecule has 112 valence electrons. The van der Waals surface area contributed by atoms with Crippen molar-refractivity contribution in [2.75, 3.05) is 4.72 Å². The molecule has 0 unspecified atom stereocenters. The van der Waals surface area contributed by atoms with Crippen LogP contribution >= 0.6 is 15.9 Å². The van der Waals surface area contributed by atoms with E-state index in [-0.39, 0.29) is 15.4 Å². The van der Waals surface area contributed by atoms with Gasteiger partial charge in [0.2, 0.25) is 0 Å². The summed E-state index contributed by atoms with van der Waals surface area (Å²) in [5.41, 5.74) is -0.759. The summed E-state index contributed by atoms with van der Waals surface area (Å²) in [7, 11) is -4.31. The van der Waals surface area contributed by atoms with Gasteiger partial charge in [0, 0.05) is 16.6 Å². The molecule has 0 heterocycles. The molecule has 0 aliphatic rings. The second-order valence-corrected chi connectivity index (χ2v) is 6.43. The summed E-state index contributed by atoms with van der Waals surface area (Å²) in [4.78, 5) is -0.381. The Morgan fingerprint density at radius 3 is 2.14 bits per heavy atom. The van der Waals surface area contributed by atoms with Gasteiger partial charge in [-0.15, -0.1) is 0 Å². The number of nitrogens with one attached hydrogen (secondary N) is 1. The van der Waals surface area contributed by atoms with Gasteiger partial charge in [-0.25, -0.2) is 26.0 Å². The molecule has 0 spiro atoms. The van der Waals surface area contributed by atoms with Crippen molar-refractivity contribution < 1.29 is 26.0 Å². The van der Waals surface area contributed by atoms with Gasteiger partial charge in [0.15, 0.2) is 11.6 Å². The quantitative estimate of drug-likeness (QED) is 0.647. The van der Waals surface area contributed by atoms with Crippen LogP contribution in [0, 0.1) is 23.3 Å². The van der Waals surface area contributed by atoms with E-state index in [2.05, 4.69) is 15.9 Å². The number of hydrogen-bond acceptors (Lipinski definition) is 2. The van der Waals surface area contributed by atoms with Crippen molar-refractivity contribution in [3.05, 3.63) is 58.1 Å². The van der Waals surface area contributed by atoms with Crippen LogP contribution in [0.1, 0.15) is 0 Å². The fourth-order valence-corrected chi connectivity index (χ4v) is 3.60. The predicted octanol–water partition coefficient (Wildman–Crippen LogP) is 3.81. The van der Waals surface area contributed by atoms with Gasteiger partial charge in [0.1, 0.15) is 16.5 Å². The molecule has 0 aliphatic heterocycles. The minimum absolute atomic E-state index is 0.0991. The molecule has 2 aromatic carbocycles. The highest BCUT2D eigenvalue weighted by molar-refractivity contribution is 9.10. The zero-order valence-electron chi connectivity index (χ0n) is 10.0. The first-order valence-electron chi connectivity index (χ1n) is 5.33. The van der Waals surface area contributed by atoms with Gasteiger partial charge in [-0.3, -0.25) is 4.72 Å². The molecule has 0 fully saturated rings. The molecule has 1 N–H and O–H groups in total. The summed E-state index contributed by atoms with van der Waals surface area (Å²) >= 11 is 2.85. The third kappa shape index (κ3) is 3.35. The minimum atomic E-state index is -4.31. The Bertz CT molecular complexity index is 811. The third-order valence-corrected chi connectivity index (χ3v) is 4.78. The lowest BCUT2D eigenvalue weighted by Crippen LogP contribution is -2.15. The second kappa shape index (κ2) is 5.64. The summed E-state index contributed by atoms with van der Waals surface area (Å²) in [6.45, 7) is 0. The third-order valence-electron chi connectivity index (χ3n) is 2.44. The molecule has 0 aromatic heterocycles. The SMILES string of the molecule is O=S(=O)(Nc1cc(F)c(F)cc1F)c1ccc(F)cc1Br. The first-order chi connectivity index (χ1) is 9.70. The molecule has 0 atom stereocenters. The van der Waals surface area contributed by atoms with Crippen LogP contribution in [0.4, 0.5) is 23.2 Å². The first kappa shape index (κ1) is 15.8. The van der Waals surface area contributed by atoms with Crippen molar-refractivity contribution in [3.8, 4) is 0 Å². The lowest BCUT2D eigenvalue weighted by Gasteiger charge is -2.10. The molecule has 21 heavy (non-hydrogen) atoms. The number of hydrogen-bond donors (Lipinski definition) is 1. The van der Waals surface area contributed by atoms with E-state index in [1.165, 1.54) is 0 Å². The highest BCUT2D eigenvalue weighted by Crippen LogP contribution is 2.26. The van der Waals surface area contributed by atoms with E-state index in [0.717, 1.165) is 18.2 Å². The molecule has 0 aliphatic carbocycles. The average molecular weight is 384 g/mol. The van der Waals surface area contributed by atoms with Crippen LogP contribution in [0.2, 0.25) is 0 Å². The predicted molar refractivity (Wildman–Crippen MR) is 71.2 cm³/mol. The van der Waals surface area contributed by atoms with Crippen LogP contribution in [0.15, 0.2) is 39.7 Å². The molecular formula is C12H6BrF4NO2S. The minimum Gasteiger partial charge on any atom is -0.277 e. The van der Waals surface area contributed by atoms with Crippen LogP contribution in [0.3, 0.4) is 0 Å². The molecule has 9 heteroatoms. The highest BCUT2D eigenvalue weighted by Gasteiger charge is 2.21. The molecule has 2 rings (SSSR count). The van der Waals surface area contributed by atoms with Crippen LogP contribution in [-0.2, 0) is 10.0 Å². The van der Waals surface area contributed by atoms with E-state index in [4.69, 9.17) is 0 Å². The Balaban J connectivity index is 2.45. The topological polar surface area (TPSA) is 46.2 Å². The second-order valence-electron chi connectivity index (χ2n) is 3.93. The van der Waals surface area contributed by atoms with Crippen molar-refractivity contribution in [3.63, 3.8) is 0 Å². The van der Waals surface area contributed by atoms with E-state index in [9.17, 15) is 26.0 Å². The maximum absolute atomic E-state index is 13.4. The van der Waals surface area contributed by atoms with Crippen molar-refractivity contribution >= 4 is 31.6 Å². The molecular weight excluding hydrogens is 378 g/mol. The Kier molecular flexibility index (Phi) is 4.24.